The summed E-state index contributed by atoms with van der Waals surface area (Å²) in [6.45, 7) is 0. The van der Waals surface area contributed by atoms with E-state index in [4.69, 9.17) is 9.47 Å². The molecule has 1 N–H and O–H groups in total. The fourth-order valence-electron chi connectivity index (χ4n) is 2.32. The molecule has 0 spiro atoms. The number of aromatic nitrogens is 1. The molecule has 0 bridgehead atoms. The first-order valence-electron chi connectivity index (χ1n) is 7.09. The summed E-state index contributed by atoms with van der Waals surface area (Å²) in [6.07, 6.45) is 1.69. The van der Waals surface area contributed by atoms with Gasteiger partial charge in [0.25, 0.3) is 5.91 Å². The summed E-state index contributed by atoms with van der Waals surface area (Å²) in [5.74, 6) is 0.883. The molecular formula is C18H16N2O3. The fourth-order valence-corrected chi connectivity index (χ4v) is 2.32. The second-order valence-electron chi connectivity index (χ2n) is 4.94. The average molecular weight is 308 g/mol. The lowest BCUT2D eigenvalue weighted by Crippen LogP contribution is -2.13. The van der Waals surface area contributed by atoms with Crippen molar-refractivity contribution in [3.05, 3.63) is 60.4 Å². The maximum atomic E-state index is 12.4. The highest BCUT2D eigenvalue weighted by Crippen LogP contribution is 2.29. The van der Waals surface area contributed by atoms with Crippen LogP contribution in [0, 0.1) is 0 Å². The van der Waals surface area contributed by atoms with Gasteiger partial charge in [-0.3, -0.25) is 9.78 Å². The van der Waals surface area contributed by atoms with Crippen molar-refractivity contribution in [3.63, 3.8) is 0 Å². The van der Waals surface area contributed by atoms with Crippen LogP contribution in [0.25, 0.3) is 10.8 Å². The molecule has 0 aliphatic carbocycles. The lowest BCUT2D eigenvalue weighted by Gasteiger charge is -2.10. The third-order valence-electron chi connectivity index (χ3n) is 3.51. The molecule has 0 fully saturated rings. The zero-order chi connectivity index (χ0) is 16.2. The van der Waals surface area contributed by atoms with E-state index in [1.807, 2.05) is 24.3 Å². The molecule has 5 heteroatoms. The van der Waals surface area contributed by atoms with E-state index in [9.17, 15) is 4.79 Å². The van der Waals surface area contributed by atoms with Crippen molar-refractivity contribution in [2.75, 3.05) is 19.5 Å². The van der Waals surface area contributed by atoms with Crippen LogP contribution < -0.4 is 14.8 Å². The van der Waals surface area contributed by atoms with Crippen molar-refractivity contribution in [1.29, 1.82) is 0 Å². The standard InChI is InChI=1S/C18H16N2O3/c1-22-16-8-7-14(10-17(16)23-2)20-18(21)15-9-12-5-3-4-6-13(12)11-19-15/h3-11H,1-2H3,(H,20,21). The Morgan fingerprint density at radius 1 is 0.957 bits per heavy atom. The normalized spacial score (nSPS) is 10.3. The van der Waals surface area contributed by atoms with Gasteiger partial charge in [0.05, 0.1) is 14.2 Å². The summed E-state index contributed by atoms with van der Waals surface area (Å²) < 4.78 is 10.4. The number of amides is 1. The second-order valence-corrected chi connectivity index (χ2v) is 4.94. The first kappa shape index (κ1) is 14.8. The van der Waals surface area contributed by atoms with Gasteiger partial charge in [-0.15, -0.1) is 0 Å². The first-order valence-corrected chi connectivity index (χ1v) is 7.09. The quantitative estimate of drug-likeness (QED) is 0.801. The highest BCUT2D eigenvalue weighted by Gasteiger charge is 2.11. The van der Waals surface area contributed by atoms with Crippen LogP contribution in [0.2, 0.25) is 0 Å². The van der Waals surface area contributed by atoms with Gasteiger partial charge in [-0.05, 0) is 23.6 Å². The summed E-state index contributed by atoms with van der Waals surface area (Å²) in [4.78, 5) is 16.6. The zero-order valence-corrected chi connectivity index (χ0v) is 12.9. The van der Waals surface area contributed by atoms with Crippen LogP contribution in [0.15, 0.2) is 54.7 Å². The van der Waals surface area contributed by atoms with Gasteiger partial charge in [0.15, 0.2) is 11.5 Å². The predicted octanol–water partition coefficient (Wildman–Crippen LogP) is 3.50. The Hall–Kier alpha value is -3.08. The Balaban J connectivity index is 1.85. The number of methoxy groups -OCH3 is 2. The van der Waals surface area contributed by atoms with Crippen LogP contribution in [-0.2, 0) is 0 Å². The van der Waals surface area contributed by atoms with E-state index in [1.54, 1.807) is 44.7 Å². The smallest absolute Gasteiger partial charge is 0.274 e. The van der Waals surface area contributed by atoms with Gasteiger partial charge in [0.1, 0.15) is 5.69 Å². The number of nitrogens with one attached hydrogen (secondary N) is 1. The van der Waals surface area contributed by atoms with E-state index in [2.05, 4.69) is 10.3 Å². The second kappa shape index (κ2) is 6.36. The van der Waals surface area contributed by atoms with Crippen LogP contribution in [0.5, 0.6) is 11.5 Å². The van der Waals surface area contributed by atoms with E-state index in [-0.39, 0.29) is 5.91 Å². The molecular weight excluding hydrogens is 292 g/mol. The van der Waals surface area contributed by atoms with E-state index < -0.39 is 0 Å². The molecule has 0 aliphatic heterocycles. The molecule has 1 heterocycles. The number of hydrogen-bond donors (Lipinski definition) is 1. The van der Waals surface area contributed by atoms with Crippen LogP contribution in [0.1, 0.15) is 10.5 Å². The monoisotopic (exact) mass is 308 g/mol. The van der Waals surface area contributed by atoms with Crippen LogP contribution in [-0.4, -0.2) is 25.1 Å². The van der Waals surface area contributed by atoms with Crippen molar-refractivity contribution >= 4 is 22.4 Å². The molecule has 3 aromatic rings. The number of benzene rings is 2. The maximum absolute atomic E-state index is 12.4. The third-order valence-corrected chi connectivity index (χ3v) is 3.51. The number of carbonyl (C=O) groups is 1. The third kappa shape index (κ3) is 3.08. The summed E-state index contributed by atoms with van der Waals surface area (Å²) in [6, 6.07) is 14.7. The van der Waals surface area contributed by atoms with E-state index in [1.165, 1.54) is 0 Å². The molecule has 23 heavy (non-hydrogen) atoms. The number of anilines is 1. The summed E-state index contributed by atoms with van der Waals surface area (Å²) in [5.41, 5.74) is 0.973. The molecule has 0 atom stereocenters. The van der Waals surface area contributed by atoms with Gasteiger partial charge < -0.3 is 14.8 Å². The first-order chi connectivity index (χ1) is 11.2. The minimum Gasteiger partial charge on any atom is -0.493 e. The minimum absolute atomic E-state index is 0.275. The molecule has 0 unspecified atom stereocenters. The van der Waals surface area contributed by atoms with Crippen LogP contribution in [0.4, 0.5) is 5.69 Å². The number of hydrogen-bond acceptors (Lipinski definition) is 4. The van der Waals surface area contributed by atoms with Gasteiger partial charge in [0.2, 0.25) is 0 Å². The van der Waals surface area contributed by atoms with Gasteiger partial charge in [-0.2, -0.15) is 0 Å². The number of fused-ring (bicyclic) bond motifs is 1. The largest absolute Gasteiger partial charge is 0.493 e. The molecule has 0 aliphatic rings. The molecule has 2 aromatic carbocycles. The minimum atomic E-state index is -0.275. The Morgan fingerprint density at radius 2 is 1.70 bits per heavy atom. The summed E-state index contributed by atoms with van der Waals surface area (Å²) in [5, 5.41) is 4.78. The molecule has 0 radical (unpaired) electrons. The molecule has 0 saturated heterocycles. The van der Waals surface area contributed by atoms with Gasteiger partial charge in [-0.1, -0.05) is 24.3 Å². The van der Waals surface area contributed by atoms with Crippen molar-refractivity contribution in [1.82, 2.24) is 4.98 Å². The van der Waals surface area contributed by atoms with Crippen LogP contribution in [0.3, 0.4) is 0 Å². The highest BCUT2D eigenvalue weighted by molar-refractivity contribution is 6.04. The van der Waals surface area contributed by atoms with Gasteiger partial charge >= 0.3 is 0 Å². The lowest BCUT2D eigenvalue weighted by molar-refractivity contribution is 0.102. The Kier molecular flexibility index (Phi) is 4.10. The SMILES string of the molecule is COc1ccc(NC(=O)c2cc3ccccc3cn2)cc1OC. The number of rotatable bonds is 4. The number of carbonyl (C=O) groups excluding carboxylic acids is 1. The zero-order valence-electron chi connectivity index (χ0n) is 12.9. The van der Waals surface area contributed by atoms with Crippen molar-refractivity contribution in [2.24, 2.45) is 0 Å². The van der Waals surface area contributed by atoms with Crippen LogP contribution >= 0.6 is 0 Å². The number of pyridine rings is 1. The Labute approximate surface area is 133 Å². The van der Waals surface area contributed by atoms with Crippen molar-refractivity contribution in [2.45, 2.75) is 0 Å². The average Bonchev–Trinajstić information content (AvgIpc) is 2.61. The number of nitrogens with zero attached hydrogens (tertiary/aromatic N) is 1. The Morgan fingerprint density at radius 3 is 2.43 bits per heavy atom. The predicted molar refractivity (Wildman–Crippen MR) is 89.2 cm³/mol. The highest BCUT2D eigenvalue weighted by atomic mass is 16.5. The Bertz CT molecular complexity index is 862. The topological polar surface area (TPSA) is 60.5 Å². The van der Waals surface area contributed by atoms with E-state index in [0.717, 1.165) is 10.8 Å². The molecule has 0 saturated carbocycles. The number of ether oxygens (including phenoxy) is 2. The fraction of sp³-hybridized carbons (Fsp3) is 0.111. The molecule has 3 rings (SSSR count). The maximum Gasteiger partial charge on any atom is 0.274 e. The van der Waals surface area contributed by atoms with E-state index in [0.29, 0.717) is 22.9 Å². The molecule has 5 nitrogen and oxygen atoms in total. The lowest BCUT2D eigenvalue weighted by atomic mass is 10.1. The van der Waals surface area contributed by atoms with Crippen molar-refractivity contribution < 1.29 is 14.3 Å². The summed E-state index contributed by atoms with van der Waals surface area (Å²) >= 11 is 0. The summed E-state index contributed by atoms with van der Waals surface area (Å²) in [7, 11) is 3.11. The van der Waals surface area contributed by atoms with E-state index >= 15 is 0 Å². The molecule has 1 aromatic heterocycles. The molecule has 116 valence electrons. The van der Waals surface area contributed by atoms with Crippen molar-refractivity contribution in [3.8, 4) is 11.5 Å². The van der Waals surface area contributed by atoms with Gasteiger partial charge in [-0.25, -0.2) is 0 Å². The molecule has 1 amide bonds. The van der Waals surface area contributed by atoms with Gasteiger partial charge in [0, 0.05) is 23.3 Å².